The first kappa shape index (κ1) is 16.4. The Morgan fingerprint density at radius 1 is 1.33 bits per heavy atom. The third-order valence-electron chi connectivity index (χ3n) is 4.76. The summed E-state index contributed by atoms with van der Waals surface area (Å²) in [6, 6.07) is 0. The highest BCUT2D eigenvalue weighted by molar-refractivity contribution is 7.98. The summed E-state index contributed by atoms with van der Waals surface area (Å²) < 4.78 is 7.34. The molecule has 0 spiro atoms. The van der Waals surface area contributed by atoms with Gasteiger partial charge in [0.15, 0.2) is 5.16 Å². The Hall–Kier alpha value is -1.12. The van der Waals surface area contributed by atoms with Gasteiger partial charge in [0, 0.05) is 23.7 Å². The van der Waals surface area contributed by atoms with Gasteiger partial charge in [0.1, 0.15) is 0 Å². The van der Waals surface area contributed by atoms with Crippen LogP contribution in [0, 0.1) is 0 Å². The van der Waals surface area contributed by atoms with Crippen LogP contribution in [-0.4, -0.2) is 32.5 Å². The fourth-order valence-electron chi connectivity index (χ4n) is 3.45. The molecule has 0 bridgehead atoms. The van der Waals surface area contributed by atoms with Crippen molar-refractivity contribution in [2.75, 3.05) is 6.61 Å². The molecule has 4 rings (SSSR count). The molecule has 130 valence electrons. The Morgan fingerprint density at radius 2 is 2.21 bits per heavy atom. The molecule has 2 fully saturated rings. The molecular weight excluding hydrogens is 344 g/mol. The lowest BCUT2D eigenvalue weighted by Crippen LogP contribution is -2.24. The van der Waals surface area contributed by atoms with Gasteiger partial charge in [-0.15, -0.1) is 16.4 Å². The number of aromatic amines is 1. The molecule has 0 aromatic carbocycles. The van der Waals surface area contributed by atoms with Crippen LogP contribution in [-0.2, 0) is 17.0 Å². The molecule has 6 nitrogen and oxygen atoms in total. The summed E-state index contributed by atoms with van der Waals surface area (Å²) in [4.78, 5) is 16.8. The van der Waals surface area contributed by atoms with Crippen LogP contribution < -0.4 is 5.69 Å². The van der Waals surface area contributed by atoms with Crippen LogP contribution in [0.3, 0.4) is 0 Å². The van der Waals surface area contributed by atoms with Crippen molar-refractivity contribution in [1.29, 1.82) is 0 Å². The molecule has 1 aliphatic heterocycles. The van der Waals surface area contributed by atoms with Crippen molar-refractivity contribution < 1.29 is 4.74 Å². The van der Waals surface area contributed by atoms with Crippen LogP contribution in [0.1, 0.15) is 55.1 Å². The maximum Gasteiger partial charge on any atom is 0.344 e. The first-order valence-corrected chi connectivity index (χ1v) is 10.5. The lowest BCUT2D eigenvalue weighted by molar-refractivity contribution is 0.0941. The smallest absolute Gasteiger partial charge is 0.344 e. The second-order valence-electron chi connectivity index (χ2n) is 6.50. The molecule has 2 aliphatic rings. The van der Waals surface area contributed by atoms with Crippen LogP contribution in [0.5, 0.6) is 0 Å². The minimum absolute atomic E-state index is 0.132. The van der Waals surface area contributed by atoms with Gasteiger partial charge in [-0.1, -0.05) is 24.6 Å². The molecule has 0 amide bonds. The van der Waals surface area contributed by atoms with E-state index in [1.165, 1.54) is 30.7 Å². The standard InChI is InChI=1S/C16H22N4O2S2/c21-15-18-19-16(20(15)8-13-6-3-7-22-13)24-10-12-9-23-14(17-12)11-4-1-2-5-11/h9,11,13H,1-8,10H2,(H,18,21). The van der Waals surface area contributed by atoms with E-state index in [0.717, 1.165) is 36.1 Å². The van der Waals surface area contributed by atoms with Gasteiger partial charge >= 0.3 is 5.69 Å². The number of thiazole rings is 1. The van der Waals surface area contributed by atoms with Crippen molar-refractivity contribution in [1.82, 2.24) is 19.7 Å². The zero-order chi connectivity index (χ0) is 16.4. The summed E-state index contributed by atoms with van der Waals surface area (Å²) in [5.41, 5.74) is 0.934. The average molecular weight is 367 g/mol. The van der Waals surface area contributed by atoms with Gasteiger partial charge in [-0.3, -0.25) is 4.57 Å². The van der Waals surface area contributed by atoms with Gasteiger partial charge in [0.25, 0.3) is 0 Å². The molecule has 1 aliphatic carbocycles. The highest BCUT2D eigenvalue weighted by Gasteiger charge is 2.21. The van der Waals surface area contributed by atoms with Gasteiger partial charge in [0.05, 0.1) is 23.4 Å². The van der Waals surface area contributed by atoms with E-state index in [-0.39, 0.29) is 11.8 Å². The molecule has 2 aromatic rings. The second kappa shape index (κ2) is 7.41. The van der Waals surface area contributed by atoms with Crippen LogP contribution in [0.25, 0.3) is 0 Å². The normalized spacial score (nSPS) is 21.8. The summed E-state index contributed by atoms with van der Waals surface area (Å²) in [6.07, 6.45) is 7.43. The fraction of sp³-hybridized carbons (Fsp3) is 0.688. The maximum atomic E-state index is 12.0. The molecule has 3 heterocycles. The summed E-state index contributed by atoms with van der Waals surface area (Å²) >= 11 is 3.35. The predicted molar refractivity (Wildman–Crippen MR) is 94.7 cm³/mol. The van der Waals surface area contributed by atoms with E-state index in [0.29, 0.717) is 12.5 Å². The van der Waals surface area contributed by atoms with Crippen LogP contribution in [0.2, 0.25) is 0 Å². The van der Waals surface area contributed by atoms with Crippen molar-refractivity contribution in [3.8, 4) is 0 Å². The Kier molecular flexibility index (Phi) is 5.05. The highest BCUT2D eigenvalue weighted by Crippen LogP contribution is 2.36. The van der Waals surface area contributed by atoms with Crippen molar-refractivity contribution >= 4 is 23.1 Å². The number of H-pyrrole nitrogens is 1. The minimum atomic E-state index is -0.155. The third-order valence-corrected chi connectivity index (χ3v) is 6.82. The molecule has 1 atom stereocenters. The number of nitrogens with one attached hydrogen (secondary N) is 1. The summed E-state index contributed by atoms with van der Waals surface area (Å²) in [5, 5.41) is 10.9. The van der Waals surface area contributed by atoms with Gasteiger partial charge in [-0.25, -0.2) is 14.9 Å². The van der Waals surface area contributed by atoms with E-state index in [9.17, 15) is 4.79 Å². The molecular formula is C16H22N4O2S2. The number of nitrogens with zero attached hydrogens (tertiary/aromatic N) is 3. The number of aromatic nitrogens is 4. The van der Waals surface area contributed by atoms with E-state index < -0.39 is 0 Å². The van der Waals surface area contributed by atoms with Gasteiger partial charge in [-0.2, -0.15) is 0 Å². The first-order chi connectivity index (χ1) is 11.8. The summed E-state index contributed by atoms with van der Waals surface area (Å²) in [7, 11) is 0. The predicted octanol–water partition coefficient (Wildman–Crippen LogP) is 3.16. The van der Waals surface area contributed by atoms with Crippen LogP contribution >= 0.6 is 23.1 Å². The molecule has 1 unspecified atom stereocenters. The minimum Gasteiger partial charge on any atom is -0.376 e. The summed E-state index contributed by atoms with van der Waals surface area (Å²) in [5.74, 6) is 1.41. The van der Waals surface area contributed by atoms with Crippen molar-refractivity contribution in [3.63, 3.8) is 0 Å². The Bertz CT molecular complexity index is 727. The van der Waals surface area contributed by atoms with E-state index >= 15 is 0 Å². The third kappa shape index (κ3) is 3.60. The molecule has 24 heavy (non-hydrogen) atoms. The zero-order valence-electron chi connectivity index (χ0n) is 13.6. The Labute approximate surface area is 149 Å². The maximum absolute atomic E-state index is 12.0. The van der Waals surface area contributed by atoms with Crippen molar-refractivity contribution in [2.24, 2.45) is 0 Å². The monoisotopic (exact) mass is 366 g/mol. The van der Waals surface area contributed by atoms with Gasteiger partial charge < -0.3 is 4.74 Å². The SMILES string of the molecule is O=c1[nH]nc(SCc2csc(C3CCCC3)n2)n1CC1CCCO1. The summed E-state index contributed by atoms with van der Waals surface area (Å²) in [6.45, 7) is 1.38. The van der Waals surface area contributed by atoms with Crippen LogP contribution in [0.4, 0.5) is 0 Å². The second-order valence-corrected chi connectivity index (χ2v) is 8.34. The number of hydrogen-bond acceptors (Lipinski definition) is 6. The van der Waals surface area contributed by atoms with E-state index in [1.54, 1.807) is 27.7 Å². The fourth-order valence-corrected chi connectivity index (χ4v) is 5.40. The van der Waals surface area contributed by atoms with Crippen molar-refractivity contribution in [3.05, 3.63) is 26.6 Å². The number of thioether (sulfide) groups is 1. The van der Waals surface area contributed by atoms with Gasteiger partial charge in [0.2, 0.25) is 0 Å². The lowest BCUT2D eigenvalue weighted by Gasteiger charge is -2.10. The van der Waals surface area contributed by atoms with Crippen molar-refractivity contribution in [2.45, 2.75) is 68.0 Å². The van der Waals surface area contributed by atoms with E-state index in [2.05, 4.69) is 15.6 Å². The molecule has 1 N–H and O–H groups in total. The topological polar surface area (TPSA) is 72.8 Å². The molecule has 8 heteroatoms. The molecule has 2 aromatic heterocycles. The molecule has 1 saturated heterocycles. The van der Waals surface area contributed by atoms with E-state index in [4.69, 9.17) is 9.72 Å². The highest BCUT2D eigenvalue weighted by atomic mass is 32.2. The van der Waals surface area contributed by atoms with Crippen LogP contribution in [0.15, 0.2) is 15.3 Å². The lowest BCUT2D eigenvalue weighted by atomic mass is 10.1. The number of hydrogen-bond donors (Lipinski definition) is 1. The number of ether oxygens (including phenoxy) is 1. The quantitative estimate of drug-likeness (QED) is 0.795. The molecule has 0 radical (unpaired) electrons. The molecule has 1 saturated carbocycles. The average Bonchev–Trinajstić information content (AvgIpc) is 3.36. The number of rotatable bonds is 6. The zero-order valence-corrected chi connectivity index (χ0v) is 15.2. The Balaban J connectivity index is 1.39. The van der Waals surface area contributed by atoms with E-state index in [1.807, 2.05) is 0 Å². The Morgan fingerprint density at radius 3 is 3.00 bits per heavy atom. The first-order valence-electron chi connectivity index (χ1n) is 8.63. The largest absolute Gasteiger partial charge is 0.376 e. The van der Waals surface area contributed by atoms with Gasteiger partial charge in [-0.05, 0) is 25.7 Å².